The number of nitrogens with zero attached hydrogens (tertiary/aromatic N) is 3. The van der Waals surface area contributed by atoms with Crippen molar-refractivity contribution in [3.63, 3.8) is 0 Å². The molecule has 0 amide bonds. The molecule has 2 fully saturated rings. The molecule has 0 unspecified atom stereocenters. The van der Waals surface area contributed by atoms with Crippen LogP contribution in [0, 0.1) is 21.4 Å². The van der Waals surface area contributed by atoms with Crippen LogP contribution in [0.3, 0.4) is 0 Å². The number of hydrogen-bond donors (Lipinski definition) is 0. The summed E-state index contributed by atoms with van der Waals surface area (Å²) in [5.74, 6) is 0. The SMILES string of the molecule is N#Cc1cc(N2CCC(OC[C@H]3CCCO3)CC2)ccc1[N+](=O)[O-]. The molecule has 0 radical (unpaired) electrons. The first-order valence-electron chi connectivity index (χ1n) is 8.34. The highest BCUT2D eigenvalue weighted by molar-refractivity contribution is 5.60. The van der Waals surface area contributed by atoms with Crippen molar-refractivity contribution in [3.8, 4) is 6.07 Å². The first kappa shape index (κ1) is 16.7. The van der Waals surface area contributed by atoms with Crippen LogP contribution in [-0.2, 0) is 9.47 Å². The minimum atomic E-state index is -0.520. The Morgan fingerprint density at radius 1 is 1.38 bits per heavy atom. The Labute approximate surface area is 140 Å². The van der Waals surface area contributed by atoms with Crippen LogP contribution in [0.1, 0.15) is 31.2 Å². The van der Waals surface area contributed by atoms with Crippen LogP contribution in [-0.4, -0.2) is 43.4 Å². The Kier molecular flexibility index (Phi) is 5.28. The van der Waals surface area contributed by atoms with E-state index in [1.807, 2.05) is 6.07 Å². The van der Waals surface area contributed by atoms with E-state index in [-0.39, 0.29) is 23.5 Å². The molecule has 2 heterocycles. The molecule has 0 N–H and O–H groups in total. The van der Waals surface area contributed by atoms with Crippen molar-refractivity contribution in [2.75, 3.05) is 31.2 Å². The molecule has 3 rings (SSSR count). The number of nitro groups is 1. The van der Waals surface area contributed by atoms with Crippen molar-refractivity contribution in [2.45, 2.75) is 37.9 Å². The Hall–Kier alpha value is -2.17. The van der Waals surface area contributed by atoms with E-state index in [4.69, 9.17) is 14.7 Å². The van der Waals surface area contributed by atoms with Gasteiger partial charge in [0.15, 0.2) is 0 Å². The summed E-state index contributed by atoms with van der Waals surface area (Å²) < 4.78 is 11.5. The number of benzene rings is 1. The van der Waals surface area contributed by atoms with Gasteiger partial charge in [0, 0.05) is 31.5 Å². The number of nitriles is 1. The normalized spacial score (nSPS) is 21.6. The van der Waals surface area contributed by atoms with Gasteiger partial charge < -0.3 is 14.4 Å². The molecule has 0 saturated carbocycles. The monoisotopic (exact) mass is 331 g/mol. The van der Waals surface area contributed by atoms with E-state index in [1.165, 1.54) is 6.07 Å². The van der Waals surface area contributed by atoms with E-state index < -0.39 is 4.92 Å². The fraction of sp³-hybridized carbons (Fsp3) is 0.588. The lowest BCUT2D eigenvalue weighted by molar-refractivity contribution is -0.385. The van der Waals surface area contributed by atoms with Crippen LogP contribution in [0.2, 0.25) is 0 Å². The predicted octanol–water partition coefficient (Wildman–Crippen LogP) is 2.63. The van der Waals surface area contributed by atoms with Gasteiger partial charge in [-0.25, -0.2) is 0 Å². The van der Waals surface area contributed by atoms with Crippen molar-refractivity contribution < 1.29 is 14.4 Å². The smallest absolute Gasteiger partial charge is 0.287 e. The Morgan fingerprint density at radius 3 is 2.79 bits per heavy atom. The van der Waals surface area contributed by atoms with Gasteiger partial charge in [0.2, 0.25) is 0 Å². The second-order valence-corrected chi connectivity index (χ2v) is 6.23. The van der Waals surface area contributed by atoms with Crippen molar-refractivity contribution in [1.29, 1.82) is 5.26 Å². The zero-order chi connectivity index (χ0) is 16.9. The van der Waals surface area contributed by atoms with Gasteiger partial charge in [0.25, 0.3) is 5.69 Å². The largest absolute Gasteiger partial charge is 0.376 e. The minimum Gasteiger partial charge on any atom is -0.376 e. The Balaban J connectivity index is 1.54. The highest BCUT2D eigenvalue weighted by Crippen LogP contribution is 2.27. The van der Waals surface area contributed by atoms with Gasteiger partial charge in [0.1, 0.15) is 11.6 Å². The highest BCUT2D eigenvalue weighted by Gasteiger charge is 2.24. The maximum atomic E-state index is 10.9. The summed E-state index contributed by atoms with van der Waals surface area (Å²) in [7, 11) is 0. The molecule has 1 atom stereocenters. The lowest BCUT2D eigenvalue weighted by Crippen LogP contribution is -2.38. The van der Waals surface area contributed by atoms with Crippen LogP contribution < -0.4 is 4.90 Å². The van der Waals surface area contributed by atoms with E-state index in [0.29, 0.717) is 6.61 Å². The molecule has 1 aromatic carbocycles. The molecule has 128 valence electrons. The first-order valence-corrected chi connectivity index (χ1v) is 8.34. The fourth-order valence-corrected chi connectivity index (χ4v) is 3.27. The fourth-order valence-electron chi connectivity index (χ4n) is 3.27. The van der Waals surface area contributed by atoms with Crippen LogP contribution >= 0.6 is 0 Å². The molecule has 7 nitrogen and oxygen atoms in total. The van der Waals surface area contributed by atoms with Gasteiger partial charge in [-0.3, -0.25) is 10.1 Å². The maximum Gasteiger partial charge on any atom is 0.287 e. The lowest BCUT2D eigenvalue weighted by atomic mass is 10.1. The number of anilines is 1. The summed E-state index contributed by atoms with van der Waals surface area (Å²) in [6, 6.07) is 6.64. The third kappa shape index (κ3) is 3.83. The zero-order valence-electron chi connectivity index (χ0n) is 13.5. The van der Waals surface area contributed by atoms with E-state index in [0.717, 1.165) is 51.1 Å². The zero-order valence-corrected chi connectivity index (χ0v) is 13.5. The standard InChI is InChI=1S/C17H21N3O4/c18-11-13-10-14(3-4-17(13)20(21)22)19-7-5-15(6-8-19)24-12-16-2-1-9-23-16/h3-4,10,15-16H,1-2,5-9,12H2/t16-/m1/s1. The van der Waals surface area contributed by atoms with Crippen LogP contribution in [0.4, 0.5) is 11.4 Å². The number of ether oxygens (including phenoxy) is 2. The quantitative estimate of drug-likeness (QED) is 0.609. The molecule has 2 aliphatic heterocycles. The summed E-state index contributed by atoms with van der Waals surface area (Å²) >= 11 is 0. The van der Waals surface area contributed by atoms with Crippen molar-refractivity contribution in [2.24, 2.45) is 0 Å². The number of nitro benzene ring substituents is 1. The van der Waals surface area contributed by atoms with Crippen LogP contribution in [0.15, 0.2) is 18.2 Å². The van der Waals surface area contributed by atoms with E-state index >= 15 is 0 Å². The van der Waals surface area contributed by atoms with Gasteiger partial charge in [-0.2, -0.15) is 5.26 Å². The number of hydrogen-bond acceptors (Lipinski definition) is 6. The molecule has 0 aliphatic carbocycles. The van der Waals surface area contributed by atoms with Crippen molar-refractivity contribution >= 4 is 11.4 Å². The molecule has 0 spiro atoms. The van der Waals surface area contributed by atoms with Gasteiger partial charge in [-0.05, 0) is 37.8 Å². The topological polar surface area (TPSA) is 88.6 Å². The molecule has 0 bridgehead atoms. The van der Waals surface area contributed by atoms with E-state index in [1.54, 1.807) is 12.1 Å². The molecule has 2 aliphatic rings. The molecule has 7 heteroatoms. The average molecular weight is 331 g/mol. The van der Waals surface area contributed by atoms with Crippen LogP contribution in [0.25, 0.3) is 0 Å². The minimum absolute atomic E-state index is 0.106. The molecule has 24 heavy (non-hydrogen) atoms. The first-order chi connectivity index (χ1) is 11.7. The van der Waals surface area contributed by atoms with Crippen molar-refractivity contribution in [1.82, 2.24) is 0 Å². The molecular weight excluding hydrogens is 310 g/mol. The third-order valence-electron chi connectivity index (χ3n) is 4.65. The molecule has 0 aromatic heterocycles. The molecule has 1 aromatic rings. The summed E-state index contributed by atoms with van der Waals surface area (Å²) in [5, 5.41) is 20.0. The van der Waals surface area contributed by atoms with Gasteiger partial charge in [-0.1, -0.05) is 0 Å². The van der Waals surface area contributed by atoms with Gasteiger partial charge in [-0.15, -0.1) is 0 Å². The second-order valence-electron chi connectivity index (χ2n) is 6.23. The summed E-state index contributed by atoms with van der Waals surface area (Å²) in [6.45, 7) is 3.15. The van der Waals surface area contributed by atoms with E-state index in [2.05, 4.69) is 4.90 Å². The third-order valence-corrected chi connectivity index (χ3v) is 4.65. The maximum absolute atomic E-state index is 10.9. The predicted molar refractivity (Wildman–Crippen MR) is 88.0 cm³/mol. The van der Waals surface area contributed by atoms with Gasteiger partial charge >= 0.3 is 0 Å². The van der Waals surface area contributed by atoms with Gasteiger partial charge in [0.05, 0.1) is 23.7 Å². The summed E-state index contributed by atoms with van der Waals surface area (Å²) in [4.78, 5) is 12.5. The Morgan fingerprint density at radius 2 is 2.17 bits per heavy atom. The summed E-state index contributed by atoms with van der Waals surface area (Å²) in [5.41, 5.74) is 0.819. The second kappa shape index (κ2) is 7.60. The number of piperidine rings is 1. The molecule has 2 saturated heterocycles. The Bertz CT molecular complexity index is 629. The summed E-state index contributed by atoms with van der Waals surface area (Å²) in [6.07, 6.45) is 4.50. The molecular formula is C17H21N3O4. The van der Waals surface area contributed by atoms with Crippen LogP contribution in [0.5, 0.6) is 0 Å². The average Bonchev–Trinajstić information content (AvgIpc) is 3.13. The van der Waals surface area contributed by atoms with E-state index in [9.17, 15) is 10.1 Å². The number of rotatable bonds is 5. The van der Waals surface area contributed by atoms with Crippen molar-refractivity contribution in [3.05, 3.63) is 33.9 Å². The lowest BCUT2D eigenvalue weighted by Gasteiger charge is -2.34. The highest BCUT2D eigenvalue weighted by atomic mass is 16.6.